The number of fused-ring (bicyclic) bond motifs is 1. The van der Waals surface area contributed by atoms with Crippen molar-refractivity contribution in [3.05, 3.63) is 70.2 Å². The summed E-state index contributed by atoms with van der Waals surface area (Å²) < 4.78 is 5.11. The molecule has 3 aromatic rings. The first-order chi connectivity index (χ1) is 13.4. The summed E-state index contributed by atoms with van der Waals surface area (Å²) in [5.74, 6) is -0.671. The van der Waals surface area contributed by atoms with Gasteiger partial charge in [-0.3, -0.25) is 9.78 Å². The molecule has 2 atom stereocenters. The predicted octanol–water partition coefficient (Wildman–Crippen LogP) is 1.83. The Morgan fingerprint density at radius 1 is 1.21 bits per heavy atom. The lowest BCUT2D eigenvalue weighted by Gasteiger charge is -2.25. The molecule has 148 valence electrons. The fourth-order valence-electron chi connectivity index (χ4n) is 3.10. The van der Waals surface area contributed by atoms with E-state index in [2.05, 4.69) is 10.3 Å². The van der Waals surface area contributed by atoms with Crippen LogP contribution in [0.3, 0.4) is 0 Å². The maximum atomic E-state index is 12.2. The minimum absolute atomic E-state index is 0.0185. The number of rotatable bonds is 8. The summed E-state index contributed by atoms with van der Waals surface area (Å²) in [6.07, 6.45) is -0.123. The van der Waals surface area contributed by atoms with Crippen molar-refractivity contribution < 1.29 is 14.3 Å². The molecule has 0 bridgehead atoms. The van der Waals surface area contributed by atoms with Crippen molar-refractivity contribution in [2.75, 3.05) is 20.6 Å². The Hall–Kier alpha value is -2.90. The molecule has 1 amide bonds. The molecule has 0 radical (unpaired) electrons. The maximum Gasteiger partial charge on any atom is 0.417 e. The largest absolute Gasteiger partial charge is 0.417 e. The van der Waals surface area contributed by atoms with Crippen molar-refractivity contribution in [3.63, 3.8) is 0 Å². The van der Waals surface area contributed by atoms with Crippen LogP contribution in [-0.2, 0) is 11.2 Å². The van der Waals surface area contributed by atoms with Crippen molar-refractivity contribution in [1.82, 2.24) is 15.2 Å². The van der Waals surface area contributed by atoms with Crippen molar-refractivity contribution in [2.45, 2.75) is 25.0 Å². The Labute approximate surface area is 163 Å². The normalized spacial score (nSPS) is 13.6. The Bertz CT molecular complexity index is 978. The molecule has 1 heterocycles. The van der Waals surface area contributed by atoms with E-state index in [1.165, 1.54) is 0 Å². The van der Waals surface area contributed by atoms with E-state index in [1.54, 1.807) is 12.1 Å². The molecule has 0 unspecified atom stereocenters. The van der Waals surface area contributed by atoms with Gasteiger partial charge >= 0.3 is 5.76 Å². The first kappa shape index (κ1) is 19.9. The second kappa shape index (κ2) is 8.86. The molecule has 0 saturated heterocycles. The van der Waals surface area contributed by atoms with Gasteiger partial charge in [0, 0.05) is 12.6 Å². The molecule has 1 aromatic heterocycles. The van der Waals surface area contributed by atoms with Gasteiger partial charge in [-0.2, -0.15) is 0 Å². The predicted molar refractivity (Wildman–Crippen MR) is 107 cm³/mol. The number of nitrogens with zero attached hydrogens (tertiary/aromatic N) is 1. The lowest BCUT2D eigenvalue weighted by molar-refractivity contribution is -0.123. The number of hydrogen-bond donors (Lipinski definition) is 3. The summed E-state index contributed by atoms with van der Waals surface area (Å²) in [5.41, 5.74) is 2.92. The van der Waals surface area contributed by atoms with E-state index in [4.69, 9.17) is 4.42 Å². The van der Waals surface area contributed by atoms with Gasteiger partial charge in [0.05, 0.1) is 18.0 Å². The molecule has 2 aromatic carbocycles. The summed E-state index contributed by atoms with van der Waals surface area (Å²) in [4.78, 5) is 28.2. The molecule has 0 fully saturated rings. The number of likely N-dealkylation sites (N-methyl/N-ethyl adjacent to an activating group) is 1. The lowest BCUT2D eigenvalue weighted by atomic mass is 10.0. The molecule has 7 nitrogen and oxygen atoms in total. The minimum Gasteiger partial charge on any atom is -0.408 e. The standard InChI is InChI=1S/C21H25N3O4/c1-24(2)16(10-14-8-9-17-19(11-14)28-21(27)23-17)13-22-20(26)12-18(25)15-6-4-3-5-7-15/h3-9,11,16,18,25H,10,12-13H2,1-2H3,(H,22,26)(H,23,27)/t16-,18-/m0/s1. The molecular weight excluding hydrogens is 358 g/mol. The van der Waals surface area contributed by atoms with Crippen molar-refractivity contribution in [3.8, 4) is 0 Å². The van der Waals surface area contributed by atoms with Crippen LogP contribution in [0.1, 0.15) is 23.7 Å². The van der Waals surface area contributed by atoms with Gasteiger partial charge in [0.2, 0.25) is 5.91 Å². The number of H-pyrrole nitrogens is 1. The van der Waals surface area contributed by atoms with Crippen LogP contribution in [0.25, 0.3) is 11.1 Å². The summed E-state index contributed by atoms with van der Waals surface area (Å²) in [6, 6.07) is 14.8. The van der Waals surface area contributed by atoms with E-state index >= 15 is 0 Å². The molecule has 0 aliphatic heterocycles. The van der Waals surface area contributed by atoms with Crippen LogP contribution in [0.15, 0.2) is 57.7 Å². The number of carbonyl (C=O) groups is 1. The zero-order valence-corrected chi connectivity index (χ0v) is 16.0. The summed E-state index contributed by atoms with van der Waals surface area (Å²) in [7, 11) is 3.90. The number of aromatic amines is 1. The zero-order valence-electron chi connectivity index (χ0n) is 16.0. The van der Waals surface area contributed by atoms with E-state index in [0.29, 0.717) is 24.1 Å². The highest BCUT2D eigenvalue weighted by Gasteiger charge is 2.17. The number of aromatic nitrogens is 1. The molecule has 7 heteroatoms. The van der Waals surface area contributed by atoms with Crippen molar-refractivity contribution >= 4 is 17.0 Å². The van der Waals surface area contributed by atoms with E-state index in [0.717, 1.165) is 11.1 Å². The third-order valence-electron chi connectivity index (χ3n) is 4.78. The highest BCUT2D eigenvalue weighted by molar-refractivity contribution is 5.76. The van der Waals surface area contributed by atoms with Crippen LogP contribution < -0.4 is 11.1 Å². The molecule has 3 rings (SSSR count). The second-order valence-corrected chi connectivity index (χ2v) is 7.10. The van der Waals surface area contributed by atoms with Gasteiger partial charge < -0.3 is 19.7 Å². The average Bonchev–Trinajstić information content (AvgIpc) is 3.04. The molecular formula is C21H25N3O4. The molecule has 28 heavy (non-hydrogen) atoms. The number of oxazole rings is 1. The lowest BCUT2D eigenvalue weighted by Crippen LogP contribution is -2.41. The van der Waals surface area contributed by atoms with Crippen LogP contribution >= 0.6 is 0 Å². The third kappa shape index (κ3) is 5.09. The third-order valence-corrected chi connectivity index (χ3v) is 4.78. The molecule has 0 spiro atoms. The van der Waals surface area contributed by atoms with Gasteiger partial charge in [-0.05, 0) is 43.8 Å². The monoisotopic (exact) mass is 383 g/mol. The van der Waals surface area contributed by atoms with Crippen LogP contribution in [0.2, 0.25) is 0 Å². The minimum atomic E-state index is -0.821. The Kier molecular flexibility index (Phi) is 6.28. The molecule has 0 aliphatic carbocycles. The molecule has 0 aliphatic rings. The number of hydrogen-bond acceptors (Lipinski definition) is 5. The first-order valence-electron chi connectivity index (χ1n) is 9.20. The molecule has 3 N–H and O–H groups in total. The van der Waals surface area contributed by atoms with Crippen LogP contribution in [0.5, 0.6) is 0 Å². The van der Waals surface area contributed by atoms with Crippen LogP contribution in [0.4, 0.5) is 0 Å². The number of carbonyl (C=O) groups excluding carboxylic acids is 1. The summed E-state index contributed by atoms with van der Waals surface area (Å²) >= 11 is 0. The Morgan fingerprint density at radius 2 is 1.96 bits per heavy atom. The van der Waals surface area contributed by atoms with E-state index < -0.39 is 11.9 Å². The maximum absolute atomic E-state index is 12.2. The smallest absolute Gasteiger partial charge is 0.408 e. The number of aliphatic hydroxyl groups is 1. The van der Waals surface area contributed by atoms with Crippen LogP contribution in [0, 0.1) is 0 Å². The molecule has 0 saturated carbocycles. The fraction of sp³-hybridized carbons (Fsp3) is 0.333. The van der Waals surface area contributed by atoms with Gasteiger partial charge in [0.1, 0.15) is 0 Å². The highest BCUT2D eigenvalue weighted by Crippen LogP contribution is 2.17. The second-order valence-electron chi connectivity index (χ2n) is 7.10. The topological polar surface area (TPSA) is 98.6 Å². The number of amides is 1. The number of aliphatic hydroxyl groups excluding tert-OH is 1. The fourth-order valence-corrected chi connectivity index (χ4v) is 3.10. The van der Waals surface area contributed by atoms with Gasteiger partial charge in [-0.1, -0.05) is 36.4 Å². The van der Waals surface area contributed by atoms with Gasteiger partial charge in [0.15, 0.2) is 5.58 Å². The SMILES string of the molecule is CN(C)[C@H](CNC(=O)C[C@H](O)c1ccccc1)Cc1ccc2[nH]c(=O)oc2c1. The van der Waals surface area contributed by atoms with Gasteiger partial charge in [-0.15, -0.1) is 0 Å². The van der Waals surface area contributed by atoms with Gasteiger partial charge in [-0.25, -0.2) is 4.79 Å². The Balaban J connectivity index is 1.57. The number of benzene rings is 2. The highest BCUT2D eigenvalue weighted by atomic mass is 16.4. The van der Waals surface area contributed by atoms with E-state index in [1.807, 2.05) is 55.4 Å². The van der Waals surface area contributed by atoms with E-state index in [-0.39, 0.29) is 18.4 Å². The van der Waals surface area contributed by atoms with Crippen molar-refractivity contribution in [2.24, 2.45) is 0 Å². The average molecular weight is 383 g/mol. The summed E-state index contributed by atoms with van der Waals surface area (Å²) in [6.45, 7) is 0.447. The Morgan fingerprint density at radius 3 is 2.68 bits per heavy atom. The van der Waals surface area contributed by atoms with Crippen molar-refractivity contribution in [1.29, 1.82) is 0 Å². The quantitative estimate of drug-likeness (QED) is 0.551. The number of nitrogens with one attached hydrogen (secondary N) is 2. The van der Waals surface area contributed by atoms with Crippen LogP contribution in [-0.4, -0.2) is 47.6 Å². The van der Waals surface area contributed by atoms with Gasteiger partial charge in [0.25, 0.3) is 0 Å². The van der Waals surface area contributed by atoms with E-state index in [9.17, 15) is 14.7 Å². The summed E-state index contributed by atoms with van der Waals surface area (Å²) in [5, 5.41) is 13.1. The zero-order chi connectivity index (χ0) is 20.1. The first-order valence-corrected chi connectivity index (χ1v) is 9.20.